The summed E-state index contributed by atoms with van der Waals surface area (Å²) in [4.78, 5) is 15.0. The minimum Gasteiger partial charge on any atom is -0.446 e. The number of benzene rings is 2. The van der Waals surface area contributed by atoms with Crippen LogP contribution in [0.3, 0.4) is 0 Å². The van der Waals surface area contributed by atoms with Crippen molar-refractivity contribution in [3.63, 3.8) is 0 Å². The molecule has 0 saturated heterocycles. The smallest absolute Gasteiger partial charge is 0.407 e. The van der Waals surface area contributed by atoms with Crippen molar-refractivity contribution in [2.45, 2.75) is 102 Å². The summed E-state index contributed by atoms with van der Waals surface area (Å²) in [6, 6.07) is 11.0. The predicted molar refractivity (Wildman–Crippen MR) is 192 cm³/mol. The fraction of sp³-hybridized carbons (Fsp3) is 0.718. The molecular formula is C39H59N3O5S. The SMILES string of the molecule is C[C@H](CCCO)[C@H]1CC[C@H]2[C@@H]3CCC4CC(OC(=O)NCCNS(=O)(=O)c5cccc6c(N(C)C)cccc56)CC[C@]4(C)[C@H]3CC[C@]12C. The Morgan fingerprint density at radius 2 is 1.69 bits per heavy atom. The van der Waals surface area contributed by atoms with Crippen molar-refractivity contribution in [2.24, 2.45) is 46.3 Å². The third kappa shape index (κ3) is 6.60. The lowest BCUT2D eigenvalue weighted by Gasteiger charge is -2.61. The van der Waals surface area contributed by atoms with Gasteiger partial charge in [-0.1, -0.05) is 45.0 Å². The van der Waals surface area contributed by atoms with Crippen LogP contribution in [0.1, 0.15) is 91.4 Å². The Labute approximate surface area is 288 Å². The van der Waals surface area contributed by atoms with Crippen molar-refractivity contribution >= 4 is 32.6 Å². The topological polar surface area (TPSA) is 108 Å². The molecule has 9 heteroatoms. The molecule has 6 rings (SSSR count). The lowest BCUT2D eigenvalue weighted by molar-refractivity contribution is -0.129. The summed E-state index contributed by atoms with van der Waals surface area (Å²) in [5, 5.41) is 13.7. The van der Waals surface area contributed by atoms with Crippen LogP contribution in [0.2, 0.25) is 0 Å². The Bertz CT molecular complexity index is 1560. The van der Waals surface area contributed by atoms with E-state index >= 15 is 0 Å². The van der Waals surface area contributed by atoms with Gasteiger partial charge >= 0.3 is 6.09 Å². The Kier molecular flexibility index (Phi) is 10.4. The number of aliphatic hydroxyl groups is 1. The highest BCUT2D eigenvalue weighted by Crippen LogP contribution is 2.68. The van der Waals surface area contributed by atoms with Crippen molar-refractivity contribution in [1.29, 1.82) is 0 Å². The number of sulfonamides is 1. The molecule has 0 aromatic heterocycles. The predicted octanol–water partition coefficient (Wildman–Crippen LogP) is 7.35. The molecule has 4 aliphatic carbocycles. The van der Waals surface area contributed by atoms with Gasteiger partial charge in [0.15, 0.2) is 0 Å². The van der Waals surface area contributed by atoms with Gasteiger partial charge in [0.1, 0.15) is 6.10 Å². The van der Waals surface area contributed by atoms with Crippen molar-refractivity contribution in [3.05, 3.63) is 36.4 Å². The molecule has 266 valence electrons. The van der Waals surface area contributed by atoms with Gasteiger partial charge in [0, 0.05) is 50.3 Å². The average molecular weight is 682 g/mol. The number of rotatable bonds is 11. The number of carbonyl (C=O) groups is 1. The zero-order valence-corrected chi connectivity index (χ0v) is 30.7. The number of nitrogens with zero attached hydrogens (tertiary/aromatic N) is 1. The molecule has 2 aromatic carbocycles. The number of nitrogens with one attached hydrogen (secondary N) is 2. The van der Waals surface area contributed by atoms with Crippen LogP contribution in [0.15, 0.2) is 41.3 Å². The first-order chi connectivity index (χ1) is 22.9. The Hall–Kier alpha value is -2.36. The quantitative estimate of drug-likeness (QED) is 0.214. The second-order valence-electron chi connectivity index (χ2n) is 16.4. The number of hydrogen-bond donors (Lipinski definition) is 3. The van der Waals surface area contributed by atoms with E-state index in [4.69, 9.17) is 4.74 Å². The van der Waals surface area contributed by atoms with E-state index in [1.165, 1.54) is 38.5 Å². The van der Waals surface area contributed by atoms with Crippen molar-refractivity contribution in [3.8, 4) is 0 Å². The summed E-state index contributed by atoms with van der Waals surface area (Å²) in [5.74, 6) is 4.46. The van der Waals surface area contributed by atoms with Gasteiger partial charge in [0.05, 0.1) is 4.90 Å². The van der Waals surface area contributed by atoms with Gasteiger partial charge in [0.2, 0.25) is 10.0 Å². The highest BCUT2D eigenvalue weighted by Gasteiger charge is 2.60. The number of carbonyl (C=O) groups excluding carboxylic acids is 1. The maximum Gasteiger partial charge on any atom is 0.407 e. The summed E-state index contributed by atoms with van der Waals surface area (Å²) in [7, 11) is 0.104. The highest BCUT2D eigenvalue weighted by atomic mass is 32.2. The third-order valence-electron chi connectivity index (χ3n) is 13.8. The summed E-state index contributed by atoms with van der Waals surface area (Å²) in [5.41, 5.74) is 1.71. The van der Waals surface area contributed by atoms with Gasteiger partial charge in [-0.3, -0.25) is 0 Å². The van der Waals surface area contributed by atoms with Crippen LogP contribution in [0.25, 0.3) is 10.8 Å². The molecule has 4 fully saturated rings. The molecule has 0 radical (unpaired) electrons. The number of fused-ring (bicyclic) bond motifs is 6. The molecule has 0 bridgehead atoms. The standard InChI is InChI=1S/C39H59N3O5S/c1-26(9-8-24-43)32-16-17-33-31-15-14-27-25-28(18-20-38(27,2)34(31)19-21-39(32,33)3)47-37(44)40-22-23-41-48(45,46)36-13-7-10-29-30(36)11-6-12-35(29)42(4)5/h6-7,10-13,26-28,31-34,41,43H,8-9,14-25H2,1-5H3,(H,40,44)/t26-,27?,28?,31+,32-,33+,34+,38+,39-/m1/s1. The van der Waals surface area contributed by atoms with E-state index in [-0.39, 0.29) is 24.1 Å². The molecule has 48 heavy (non-hydrogen) atoms. The monoisotopic (exact) mass is 681 g/mol. The first-order valence-corrected chi connectivity index (χ1v) is 20.1. The van der Waals surface area contributed by atoms with Crippen molar-refractivity contribution in [1.82, 2.24) is 10.0 Å². The van der Waals surface area contributed by atoms with Gasteiger partial charge in [-0.05, 0) is 129 Å². The van der Waals surface area contributed by atoms with Crippen LogP contribution in [0.4, 0.5) is 10.5 Å². The summed E-state index contributed by atoms with van der Waals surface area (Å²) >= 11 is 0. The lowest BCUT2D eigenvalue weighted by atomic mass is 9.44. The van der Waals surface area contributed by atoms with E-state index in [1.54, 1.807) is 12.1 Å². The first-order valence-electron chi connectivity index (χ1n) is 18.6. The number of aliphatic hydroxyl groups excluding tert-OH is 1. The molecular weight excluding hydrogens is 623 g/mol. The van der Waals surface area contributed by atoms with Gasteiger partial charge in [-0.2, -0.15) is 0 Å². The average Bonchev–Trinajstić information content (AvgIpc) is 3.42. The van der Waals surface area contributed by atoms with E-state index < -0.39 is 16.1 Å². The molecule has 9 atom stereocenters. The van der Waals surface area contributed by atoms with Crippen molar-refractivity contribution < 1.29 is 23.1 Å². The second-order valence-corrected chi connectivity index (χ2v) is 18.1. The fourth-order valence-electron chi connectivity index (χ4n) is 11.4. The minimum absolute atomic E-state index is 0.0801. The van der Waals surface area contributed by atoms with Crippen molar-refractivity contribution in [2.75, 3.05) is 38.7 Å². The Morgan fingerprint density at radius 3 is 2.46 bits per heavy atom. The summed E-state index contributed by atoms with van der Waals surface area (Å²) < 4.78 is 35.1. The molecule has 0 heterocycles. The second kappa shape index (κ2) is 14.1. The molecule has 4 saturated carbocycles. The van der Waals surface area contributed by atoms with Crippen LogP contribution in [0.5, 0.6) is 0 Å². The summed E-state index contributed by atoms with van der Waals surface area (Å²) in [6.45, 7) is 8.13. The van der Waals surface area contributed by atoms with Crippen LogP contribution in [0, 0.1) is 46.3 Å². The van der Waals surface area contributed by atoms with E-state index in [0.717, 1.165) is 66.8 Å². The molecule has 3 N–H and O–H groups in total. The Morgan fingerprint density at radius 1 is 0.958 bits per heavy atom. The lowest BCUT2D eigenvalue weighted by Crippen LogP contribution is -2.54. The van der Waals surface area contributed by atoms with E-state index in [0.29, 0.717) is 34.7 Å². The van der Waals surface area contributed by atoms with Crippen LogP contribution >= 0.6 is 0 Å². The number of amides is 1. The van der Waals surface area contributed by atoms with Gasteiger partial charge in [-0.15, -0.1) is 0 Å². The van der Waals surface area contributed by atoms with Crippen LogP contribution in [-0.4, -0.2) is 59.5 Å². The number of anilines is 1. The van der Waals surface area contributed by atoms with Gasteiger partial charge in [0.25, 0.3) is 0 Å². The maximum absolute atomic E-state index is 13.2. The van der Waals surface area contributed by atoms with E-state index in [2.05, 4.69) is 30.8 Å². The summed E-state index contributed by atoms with van der Waals surface area (Å²) in [6.07, 6.45) is 12.4. The largest absolute Gasteiger partial charge is 0.446 e. The number of ether oxygens (including phenoxy) is 1. The minimum atomic E-state index is -3.78. The third-order valence-corrected chi connectivity index (χ3v) is 15.3. The first kappa shape index (κ1) is 35.5. The molecule has 0 aliphatic heterocycles. The molecule has 4 aliphatic rings. The van der Waals surface area contributed by atoms with Crippen LogP contribution in [-0.2, 0) is 14.8 Å². The number of hydrogen-bond acceptors (Lipinski definition) is 6. The molecule has 1 amide bonds. The normalized spacial score (nSPS) is 33.7. The molecule has 2 aromatic rings. The number of alkyl carbamates (subject to hydrolysis) is 1. The maximum atomic E-state index is 13.2. The molecule has 8 nitrogen and oxygen atoms in total. The zero-order valence-electron chi connectivity index (χ0n) is 29.8. The Balaban J connectivity index is 0.991. The highest BCUT2D eigenvalue weighted by molar-refractivity contribution is 7.89. The van der Waals surface area contributed by atoms with E-state index in [1.807, 2.05) is 43.3 Å². The van der Waals surface area contributed by atoms with Gasteiger partial charge < -0.3 is 20.1 Å². The molecule has 2 unspecified atom stereocenters. The van der Waals surface area contributed by atoms with Crippen LogP contribution < -0.4 is 14.9 Å². The van der Waals surface area contributed by atoms with E-state index in [9.17, 15) is 18.3 Å². The fourth-order valence-corrected chi connectivity index (χ4v) is 12.7. The van der Waals surface area contributed by atoms with Gasteiger partial charge in [-0.25, -0.2) is 17.9 Å². The molecule has 0 spiro atoms. The zero-order chi connectivity index (χ0) is 34.3.